The van der Waals surface area contributed by atoms with E-state index in [1.165, 1.54) is 19.3 Å². The van der Waals surface area contributed by atoms with Gasteiger partial charge in [-0.1, -0.05) is 27.7 Å². The van der Waals surface area contributed by atoms with Crippen molar-refractivity contribution in [1.82, 2.24) is 0 Å². The van der Waals surface area contributed by atoms with Crippen molar-refractivity contribution < 1.29 is 20.1 Å². The third-order valence-electron chi connectivity index (χ3n) is 10.9. The zero-order valence-electron chi connectivity index (χ0n) is 18.8. The molecule has 4 heteroatoms. The molecule has 0 radical (unpaired) electrons. The molecule has 29 heavy (non-hydrogen) atoms. The van der Waals surface area contributed by atoms with Gasteiger partial charge >= 0.3 is 5.97 Å². The molecule has 3 N–H and O–H groups in total. The minimum absolute atomic E-state index is 0.0697. The summed E-state index contributed by atoms with van der Waals surface area (Å²) in [4.78, 5) is 11.1. The molecule has 0 aromatic rings. The number of carbonyl (C=O) groups is 1. The molecular weight excluding hydrogens is 364 g/mol. The molecule has 0 aromatic heterocycles. The summed E-state index contributed by atoms with van der Waals surface area (Å²) in [5.74, 6) is 2.97. The quantitative estimate of drug-likeness (QED) is 0.631. The van der Waals surface area contributed by atoms with E-state index in [4.69, 9.17) is 5.11 Å². The Hall–Kier alpha value is -0.610. The molecule has 166 valence electrons. The van der Waals surface area contributed by atoms with Crippen LogP contribution >= 0.6 is 0 Å². The van der Waals surface area contributed by atoms with E-state index in [1.807, 2.05) is 0 Å². The highest BCUT2D eigenvalue weighted by molar-refractivity contribution is 5.66. The fourth-order valence-electron chi connectivity index (χ4n) is 9.18. The van der Waals surface area contributed by atoms with Crippen molar-refractivity contribution in [3.8, 4) is 0 Å². The normalized spacial score (nSPS) is 52.9. The van der Waals surface area contributed by atoms with Crippen molar-refractivity contribution in [3.63, 3.8) is 0 Å². The van der Waals surface area contributed by atoms with Crippen LogP contribution in [0.5, 0.6) is 0 Å². The minimum Gasteiger partial charge on any atom is -0.481 e. The first-order valence-corrected chi connectivity index (χ1v) is 12.2. The number of carboxylic acid groups (broad SMARTS) is 1. The van der Waals surface area contributed by atoms with Crippen LogP contribution < -0.4 is 0 Å². The third-order valence-corrected chi connectivity index (χ3v) is 10.9. The van der Waals surface area contributed by atoms with Gasteiger partial charge in [-0.25, -0.2) is 0 Å². The van der Waals surface area contributed by atoms with Crippen molar-refractivity contribution in [1.29, 1.82) is 0 Å². The summed E-state index contributed by atoms with van der Waals surface area (Å²) < 4.78 is 0. The second kappa shape index (κ2) is 7.51. The van der Waals surface area contributed by atoms with E-state index in [0.717, 1.165) is 32.1 Å². The summed E-state index contributed by atoms with van der Waals surface area (Å²) in [7, 11) is 0. The van der Waals surface area contributed by atoms with Gasteiger partial charge in [0.15, 0.2) is 0 Å². The maximum Gasteiger partial charge on any atom is 0.303 e. The minimum atomic E-state index is -0.708. The van der Waals surface area contributed by atoms with Gasteiger partial charge in [-0.3, -0.25) is 4.79 Å². The van der Waals surface area contributed by atoms with Gasteiger partial charge in [0.25, 0.3) is 0 Å². The van der Waals surface area contributed by atoms with Gasteiger partial charge in [-0.05, 0) is 104 Å². The average molecular weight is 407 g/mol. The summed E-state index contributed by atoms with van der Waals surface area (Å²) in [6.45, 7) is 9.35. The molecule has 0 aromatic carbocycles. The summed E-state index contributed by atoms with van der Waals surface area (Å²) in [5, 5.41) is 31.0. The van der Waals surface area contributed by atoms with E-state index in [-0.39, 0.29) is 29.5 Å². The van der Waals surface area contributed by atoms with Crippen molar-refractivity contribution in [2.45, 2.75) is 97.7 Å². The largest absolute Gasteiger partial charge is 0.481 e. The van der Waals surface area contributed by atoms with Crippen LogP contribution in [0.4, 0.5) is 0 Å². The van der Waals surface area contributed by atoms with Gasteiger partial charge in [0.1, 0.15) is 0 Å². The Balaban J connectivity index is 1.59. The first-order chi connectivity index (χ1) is 13.6. The van der Waals surface area contributed by atoms with Crippen LogP contribution in [0.3, 0.4) is 0 Å². The van der Waals surface area contributed by atoms with Gasteiger partial charge < -0.3 is 15.3 Å². The fourth-order valence-corrected chi connectivity index (χ4v) is 9.18. The van der Waals surface area contributed by atoms with E-state index in [9.17, 15) is 15.0 Å². The molecule has 11 atom stereocenters. The number of aliphatic hydroxyl groups is 2. The Morgan fingerprint density at radius 3 is 2.41 bits per heavy atom. The second-order valence-corrected chi connectivity index (χ2v) is 11.8. The molecule has 0 saturated heterocycles. The average Bonchev–Trinajstić information content (AvgIpc) is 3.01. The Kier molecular flexibility index (Phi) is 5.60. The van der Waals surface area contributed by atoms with E-state index < -0.39 is 5.97 Å². The van der Waals surface area contributed by atoms with E-state index in [1.54, 1.807) is 0 Å². The molecule has 3 unspecified atom stereocenters. The monoisotopic (exact) mass is 406 g/mol. The number of aliphatic hydroxyl groups excluding tert-OH is 2. The van der Waals surface area contributed by atoms with Crippen LogP contribution in [0.25, 0.3) is 0 Å². The molecule has 4 aliphatic rings. The molecule has 4 aliphatic carbocycles. The first-order valence-electron chi connectivity index (χ1n) is 12.2. The lowest BCUT2D eigenvalue weighted by atomic mass is 9.42. The molecular formula is C25H42O4. The van der Waals surface area contributed by atoms with E-state index in [2.05, 4.69) is 27.7 Å². The van der Waals surface area contributed by atoms with Crippen molar-refractivity contribution in [2.75, 3.05) is 0 Å². The van der Waals surface area contributed by atoms with Gasteiger partial charge in [-0.15, -0.1) is 0 Å². The number of hydrogen-bond donors (Lipinski definition) is 3. The number of fused-ring (bicyclic) bond motifs is 5. The highest BCUT2D eigenvalue weighted by Crippen LogP contribution is 2.69. The summed E-state index contributed by atoms with van der Waals surface area (Å²) in [5.41, 5.74) is 0.164. The molecule has 4 rings (SSSR count). The van der Waals surface area contributed by atoms with Gasteiger partial charge in [0.2, 0.25) is 0 Å². The Labute approximate surface area is 176 Å². The summed E-state index contributed by atoms with van der Waals surface area (Å²) >= 11 is 0. The summed E-state index contributed by atoms with van der Waals surface area (Å²) in [6.07, 6.45) is 8.05. The van der Waals surface area contributed by atoms with Crippen molar-refractivity contribution in [3.05, 3.63) is 0 Å². The highest BCUT2D eigenvalue weighted by atomic mass is 16.4. The third kappa shape index (κ3) is 3.19. The number of aliphatic carboxylic acids is 1. The molecule has 0 aliphatic heterocycles. The molecule has 4 nitrogen and oxygen atoms in total. The van der Waals surface area contributed by atoms with Crippen LogP contribution in [0, 0.1) is 52.3 Å². The molecule has 0 heterocycles. The van der Waals surface area contributed by atoms with Crippen molar-refractivity contribution >= 4 is 5.97 Å². The van der Waals surface area contributed by atoms with Gasteiger partial charge in [0.05, 0.1) is 12.2 Å². The SMILES string of the molecule is C[C@H](CCC(=O)O)[C@H]1CCC2C3CC[C@@H]4C[C@H](O)C[C@@H](C)[C@]4(C)C3C[C@H](O)[C@@]21C. The lowest BCUT2D eigenvalue weighted by molar-refractivity contribution is -0.190. The molecule has 4 fully saturated rings. The molecule has 4 saturated carbocycles. The number of rotatable bonds is 4. The number of carboxylic acids is 1. The standard InChI is InChI=1S/C25H42O4/c1-14(5-10-23(28)29)19-8-9-20-18-7-6-16-12-17(26)11-15(2)24(16,3)21(18)13-22(27)25(19,20)4/h14-22,26-27H,5-13H2,1-4H3,(H,28,29)/t14-,15-,16-,17-,18?,19-,20?,21?,22+,24+,25-/m1/s1. The van der Waals surface area contributed by atoms with Crippen LogP contribution in [-0.2, 0) is 4.79 Å². The van der Waals surface area contributed by atoms with Crippen LogP contribution in [0.1, 0.15) is 85.5 Å². The van der Waals surface area contributed by atoms with Crippen molar-refractivity contribution in [2.24, 2.45) is 52.3 Å². The summed E-state index contributed by atoms with van der Waals surface area (Å²) in [6, 6.07) is 0. The lowest BCUT2D eigenvalue weighted by Gasteiger charge is -2.64. The smallest absolute Gasteiger partial charge is 0.303 e. The Bertz CT molecular complexity index is 634. The molecule has 0 bridgehead atoms. The van der Waals surface area contributed by atoms with Crippen LogP contribution in [0.2, 0.25) is 0 Å². The zero-order valence-corrected chi connectivity index (χ0v) is 18.8. The highest BCUT2D eigenvalue weighted by Gasteiger charge is 2.64. The van der Waals surface area contributed by atoms with Crippen LogP contribution in [0.15, 0.2) is 0 Å². The topological polar surface area (TPSA) is 77.8 Å². The Morgan fingerprint density at radius 1 is 1.00 bits per heavy atom. The van der Waals surface area contributed by atoms with Crippen LogP contribution in [-0.4, -0.2) is 33.5 Å². The maximum absolute atomic E-state index is 11.6. The zero-order chi connectivity index (χ0) is 21.1. The predicted octanol–water partition coefficient (Wildman–Crippen LogP) is 4.72. The maximum atomic E-state index is 11.6. The Morgan fingerprint density at radius 2 is 1.72 bits per heavy atom. The lowest BCUT2D eigenvalue weighted by Crippen LogP contribution is -2.60. The van der Waals surface area contributed by atoms with Gasteiger partial charge in [0, 0.05) is 6.42 Å². The first kappa shape index (κ1) is 21.6. The number of hydrogen-bond acceptors (Lipinski definition) is 3. The van der Waals surface area contributed by atoms with E-state index >= 15 is 0 Å². The second-order valence-electron chi connectivity index (χ2n) is 11.8. The molecule has 0 amide bonds. The molecule has 0 spiro atoms. The van der Waals surface area contributed by atoms with E-state index in [0.29, 0.717) is 41.4 Å². The predicted molar refractivity (Wildman–Crippen MR) is 113 cm³/mol. The fraction of sp³-hybridized carbons (Fsp3) is 0.960. The van der Waals surface area contributed by atoms with Gasteiger partial charge in [-0.2, -0.15) is 0 Å².